The summed E-state index contributed by atoms with van der Waals surface area (Å²) < 4.78 is 0. The quantitative estimate of drug-likeness (QED) is 0.780. The molecule has 1 saturated heterocycles. The van der Waals surface area contributed by atoms with Crippen molar-refractivity contribution in [2.75, 3.05) is 6.54 Å². The monoisotopic (exact) mass is 264 g/mol. The Labute approximate surface area is 112 Å². The second-order valence-electron chi connectivity index (χ2n) is 5.55. The predicted molar refractivity (Wildman–Crippen MR) is 73.0 cm³/mol. The highest BCUT2D eigenvalue weighted by Crippen LogP contribution is 2.38. The molecular weight excluding hydrogens is 244 g/mol. The number of carbonyl (C=O) groups is 1. The lowest BCUT2D eigenvalue weighted by Gasteiger charge is -2.37. The highest BCUT2D eigenvalue weighted by molar-refractivity contribution is 7.13. The summed E-state index contributed by atoms with van der Waals surface area (Å²) in [4.78, 5) is 20.1. The van der Waals surface area contributed by atoms with Gasteiger partial charge in [-0.25, -0.2) is 4.98 Å². The van der Waals surface area contributed by atoms with Gasteiger partial charge in [-0.05, 0) is 45.4 Å². The number of nitrogens with zero attached hydrogens (tertiary/aromatic N) is 2. The van der Waals surface area contributed by atoms with Gasteiger partial charge in [-0.1, -0.05) is 6.42 Å². The number of rotatable bonds is 1. The minimum atomic E-state index is 0.231. The summed E-state index contributed by atoms with van der Waals surface area (Å²) in [5.41, 5.74) is 0.905. The van der Waals surface area contributed by atoms with E-state index < -0.39 is 0 Å². The van der Waals surface area contributed by atoms with Crippen molar-refractivity contribution >= 4 is 17.2 Å². The summed E-state index contributed by atoms with van der Waals surface area (Å²) in [6, 6.07) is 0.507. The first-order valence-corrected chi connectivity index (χ1v) is 7.73. The number of aromatic nitrogens is 1. The Bertz CT molecular complexity index is 468. The maximum atomic E-state index is 12.7. The van der Waals surface area contributed by atoms with E-state index in [1.54, 1.807) is 11.3 Å². The van der Waals surface area contributed by atoms with Crippen LogP contribution < -0.4 is 0 Å². The van der Waals surface area contributed by atoms with E-state index in [1.807, 2.05) is 13.8 Å². The van der Waals surface area contributed by atoms with Gasteiger partial charge in [-0.2, -0.15) is 0 Å². The van der Waals surface area contributed by atoms with Gasteiger partial charge in [0.15, 0.2) is 0 Å². The highest BCUT2D eigenvalue weighted by Gasteiger charge is 2.38. The smallest absolute Gasteiger partial charge is 0.266 e. The third-order valence-electron chi connectivity index (χ3n) is 4.35. The van der Waals surface area contributed by atoms with Gasteiger partial charge >= 0.3 is 0 Å². The molecule has 2 fully saturated rings. The fourth-order valence-electron chi connectivity index (χ4n) is 3.57. The molecule has 2 heterocycles. The summed E-state index contributed by atoms with van der Waals surface area (Å²) in [6.07, 6.45) is 6.29. The van der Waals surface area contributed by atoms with Crippen LogP contribution in [0.2, 0.25) is 0 Å². The van der Waals surface area contributed by atoms with Crippen molar-refractivity contribution in [3.8, 4) is 0 Å². The maximum absolute atomic E-state index is 12.7. The summed E-state index contributed by atoms with van der Waals surface area (Å²) in [6.45, 7) is 4.87. The number of hydrogen-bond acceptors (Lipinski definition) is 3. The molecule has 0 bridgehead atoms. The van der Waals surface area contributed by atoms with E-state index in [9.17, 15) is 4.79 Å². The van der Waals surface area contributed by atoms with Gasteiger partial charge in [-0.3, -0.25) is 4.79 Å². The number of carbonyl (C=O) groups excluding carboxylic acids is 1. The SMILES string of the molecule is Cc1nc(C)c(C(=O)N2CCCC3CCCC32)s1. The topological polar surface area (TPSA) is 33.2 Å². The number of thiazole rings is 1. The molecule has 1 saturated carbocycles. The maximum Gasteiger partial charge on any atom is 0.266 e. The van der Waals surface area contributed by atoms with Crippen molar-refractivity contribution < 1.29 is 4.79 Å². The molecule has 1 aliphatic carbocycles. The number of likely N-dealkylation sites (tertiary alicyclic amines) is 1. The van der Waals surface area contributed by atoms with Crippen LogP contribution in [0.25, 0.3) is 0 Å². The molecule has 2 atom stereocenters. The van der Waals surface area contributed by atoms with Gasteiger partial charge in [0.05, 0.1) is 10.7 Å². The van der Waals surface area contributed by atoms with Gasteiger partial charge in [0.1, 0.15) is 4.88 Å². The normalized spacial score (nSPS) is 27.3. The van der Waals surface area contributed by atoms with E-state index in [0.717, 1.165) is 28.0 Å². The van der Waals surface area contributed by atoms with Gasteiger partial charge < -0.3 is 4.90 Å². The minimum Gasteiger partial charge on any atom is -0.335 e. The van der Waals surface area contributed by atoms with Crippen LogP contribution in [0, 0.1) is 19.8 Å². The van der Waals surface area contributed by atoms with Crippen LogP contribution in [0.15, 0.2) is 0 Å². The van der Waals surface area contributed by atoms with Crippen LogP contribution in [0.1, 0.15) is 52.5 Å². The van der Waals surface area contributed by atoms with Gasteiger partial charge in [0.2, 0.25) is 0 Å². The summed E-state index contributed by atoms with van der Waals surface area (Å²) in [5.74, 6) is 0.992. The van der Waals surface area contributed by atoms with Crippen molar-refractivity contribution in [1.82, 2.24) is 9.88 Å². The van der Waals surface area contributed by atoms with Crippen LogP contribution >= 0.6 is 11.3 Å². The van der Waals surface area contributed by atoms with E-state index in [2.05, 4.69) is 9.88 Å². The Morgan fingerprint density at radius 2 is 2.06 bits per heavy atom. The summed E-state index contributed by atoms with van der Waals surface area (Å²) >= 11 is 1.55. The molecule has 1 amide bonds. The summed E-state index contributed by atoms with van der Waals surface area (Å²) in [7, 11) is 0. The molecular formula is C14H20N2OS. The third kappa shape index (κ3) is 1.96. The third-order valence-corrected chi connectivity index (χ3v) is 5.41. The lowest BCUT2D eigenvalue weighted by atomic mass is 9.92. The number of aryl methyl sites for hydroxylation is 2. The average molecular weight is 264 g/mol. The van der Waals surface area contributed by atoms with E-state index in [0.29, 0.717) is 6.04 Å². The van der Waals surface area contributed by atoms with Gasteiger partial charge in [-0.15, -0.1) is 11.3 Å². The highest BCUT2D eigenvalue weighted by atomic mass is 32.1. The van der Waals surface area contributed by atoms with Crippen LogP contribution in [0.5, 0.6) is 0 Å². The van der Waals surface area contributed by atoms with Crippen molar-refractivity contribution in [2.45, 2.75) is 52.0 Å². The zero-order valence-corrected chi connectivity index (χ0v) is 11.9. The van der Waals surface area contributed by atoms with Gasteiger partial charge in [0, 0.05) is 12.6 Å². The molecule has 1 aromatic heterocycles. The lowest BCUT2D eigenvalue weighted by Crippen LogP contribution is -2.46. The van der Waals surface area contributed by atoms with E-state index >= 15 is 0 Å². The number of hydrogen-bond donors (Lipinski definition) is 0. The first kappa shape index (κ1) is 12.2. The Balaban J connectivity index is 1.85. The van der Waals surface area contributed by atoms with Crippen molar-refractivity contribution in [3.63, 3.8) is 0 Å². The first-order valence-electron chi connectivity index (χ1n) is 6.92. The fraction of sp³-hybridized carbons (Fsp3) is 0.714. The molecule has 0 radical (unpaired) electrons. The van der Waals surface area contributed by atoms with Gasteiger partial charge in [0.25, 0.3) is 5.91 Å². The zero-order chi connectivity index (χ0) is 12.7. The molecule has 3 rings (SSSR count). The van der Waals surface area contributed by atoms with E-state index in [1.165, 1.54) is 32.1 Å². The van der Waals surface area contributed by atoms with Crippen molar-refractivity contribution in [2.24, 2.45) is 5.92 Å². The molecule has 2 unspecified atom stereocenters. The molecule has 0 spiro atoms. The number of fused-ring (bicyclic) bond motifs is 1. The molecule has 18 heavy (non-hydrogen) atoms. The van der Waals surface area contributed by atoms with Crippen LogP contribution in [-0.4, -0.2) is 28.4 Å². The van der Waals surface area contributed by atoms with Crippen molar-refractivity contribution in [1.29, 1.82) is 0 Å². The second kappa shape index (κ2) is 4.65. The lowest BCUT2D eigenvalue weighted by molar-refractivity contribution is 0.0552. The first-order chi connectivity index (χ1) is 8.66. The largest absolute Gasteiger partial charge is 0.335 e. The molecule has 98 valence electrons. The Kier molecular flexibility index (Phi) is 3.14. The molecule has 1 aliphatic heterocycles. The summed E-state index contributed by atoms with van der Waals surface area (Å²) in [5, 5.41) is 0.996. The Morgan fingerprint density at radius 3 is 2.78 bits per heavy atom. The fourth-order valence-corrected chi connectivity index (χ4v) is 4.44. The zero-order valence-electron chi connectivity index (χ0n) is 11.1. The van der Waals surface area contributed by atoms with E-state index in [4.69, 9.17) is 0 Å². The Morgan fingerprint density at radius 1 is 1.28 bits per heavy atom. The number of amides is 1. The van der Waals surface area contributed by atoms with E-state index in [-0.39, 0.29) is 5.91 Å². The standard InChI is InChI=1S/C14H20N2OS/c1-9-13(18-10(2)15-9)14(17)16-8-4-6-11-5-3-7-12(11)16/h11-12H,3-8H2,1-2H3. The van der Waals surface area contributed by atoms with Crippen LogP contribution in [-0.2, 0) is 0 Å². The van der Waals surface area contributed by atoms with Crippen molar-refractivity contribution in [3.05, 3.63) is 15.6 Å². The minimum absolute atomic E-state index is 0.231. The molecule has 1 aromatic rings. The predicted octanol–water partition coefficient (Wildman–Crippen LogP) is 3.16. The molecule has 2 aliphatic rings. The average Bonchev–Trinajstić information content (AvgIpc) is 2.94. The molecule has 0 aromatic carbocycles. The van der Waals surface area contributed by atoms with Crippen LogP contribution in [0.4, 0.5) is 0 Å². The molecule has 4 heteroatoms. The molecule has 0 N–H and O–H groups in total. The molecule has 3 nitrogen and oxygen atoms in total. The Hall–Kier alpha value is -0.900. The second-order valence-corrected chi connectivity index (χ2v) is 6.75. The number of piperidine rings is 1. The van der Waals surface area contributed by atoms with Crippen LogP contribution in [0.3, 0.4) is 0 Å².